The number of esters is 1. The van der Waals surface area contributed by atoms with Gasteiger partial charge in [-0.3, -0.25) is 4.79 Å². The third-order valence-corrected chi connectivity index (χ3v) is 7.72. The second-order valence-corrected chi connectivity index (χ2v) is 9.23. The Morgan fingerprint density at radius 1 is 0.973 bits per heavy atom. The summed E-state index contributed by atoms with van der Waals surface area (Å²) in [5.41, 5.74) is -2.44. The quantitative estimate of drug-likeness (QED) is 0.505. The molecule has 3 aromatic carbocycles. The number of benzene rings is 3. The minimum atomic E-state index is -2.15. The molecule has 0 aromatic heterocycles. The van der Waals surface area contributed by atoms with E-state index in [0.29, 0.717) is 22.6 Å². The largest absolute Gasteiger partial charge is 0.497 e. The molecule has 0 saturated heterocycles. The van der Waals surface area contributed by atoms with E-state index in [-0.39, 0.29) is 29.6 Å². The van der Waals surface area contributed by atoms with Crippen LogP contribution in [0.4, 0.5) is 0 Å². The van der Waals surface area contributed by atoms with E-state index in [1.54, 1.807) is 37.4 Å². The van der Waals surface area contributed by atoms with Crippen LogP contribution < -0.4 is 23.7 Å². The minimum Gasteiger partial charge on any atom is -0.497 e. The monoisotopic (exact) mass is 506 g/mol. The average molecular weight is 507 g/mol. The Morgan fingerprint density at radius 3 is 2.35 bits per heavy atom. The summed E-state index contributed by atoms with van der Waals surface area (Å²) in [5, 5.41) is 24.7. The van der Waals surface area contributed by atoms with Crippen LogP contribution in [0, 0.1) is 5.92 Å². The molecule has 5 atom stereocenters. The molecule has 0 bridgehead atoms. The summed E-state index contributed by atoms with van der Waals surface area (Å²) in [5.74, 6) is -1.03. The minimum absolute atomic E-state index is 0.0311. The molecule has 37 heavy (non-hydrogen) atoms. The molecule has 0 amide bonds. The fraction of sp³-hybridized carbons (Fsp3) is 0.321. The first-order valence-corrected chi connectivity index (χ1v) is 11.8. The van der Waals surface area contributed by atoms with Crippen molar-refractivity contribution in [3.63, 3.8) is 0 Å². The smallest absolute Gasteiger partial charge is 0.312 e. The van der Waals surface area contributed by atoms with Gasteiger partial charge >= 0.3 is 5.97 Å². The second kappa shape index (κ2) is 8.29. The Labute approximate surface area is 213 Å². The van der Waals surface area contributed by atoms with Crippen molar-refractivity contribution in [1.29, 1.82) is 0 Å². The molecule has 3 aliphatic rings. The van der Waals surface area contributed by atoms with E-state index in [2.05, 4.69) is 0 Å². The lowest BCUT2D eigenvalue weighted by Crippen LogP contribution is -2.52. The zero-order valence-corrected chi connectivity index (χ0v) is 20.5. The maximum absolute atomic E-state index is 13.3. The van der Waals surface area contributed by atoms with Crippen LogP contribution in [0.2, 0.25) is 0 Å². The maximum Gasteiger partial charge on any atom is 0.312 e. The van der Waals surface area contributed by atoms with Gasteiger partial charge in [0.25, 0.3) is 0 Å². The number of fused-ring (bicyclic) bond motifs is 4. The van der Waals surface area contributed by atoms with Gasteiger partial charge in [0.2, 0.25) is 12.5 Å². The van der Waals surface area contributed by atoms with Crippen molar-refractivity contribution in [2.24, 2.45) is 5.92 Å². The molecule has 1 aliphatic carbocycles. The van der Waals surface area contributed by atoms with Crippen molar-refractivity contribution in [2.75, 3.05) is 28.1 Å². The normalized spacial score (nSPS) is 28.7. The number of hydrogen-bond acceptors (Lipinski definition) is 9. The molecule has 2 aliphatic heterocycles. The molecule has 0 spiro atoms. The van der Waals surface area contributed by atoms with Crippen molar-refractivity contribution in [3.05, 3.63) is 77.4 Å². The van der Waals surface area contributed by atoms with Crippen LogP contribution in [0.5, 0.6) is 28.7 Å². The highest BCUT2D eigenvalue weighted by Gasteiger charge is 2.78. The van der Waals surface area contributed by atoms with E-state index in [1.807, 2.05) is 30.3 Å². The van der Waals surface area contributed by atoms with Gasteiger partial charge in [0, 0.05) is 12.0 Å². The Bertz CT molecular complexity index is 1360. The van der Waals surface area contributed by atoms with Gasteiger partial charge in [0.1, 0.15) is 17.6 Å². The summed E-state index contributed by atoms with van der Waals surface area (Å²) in [6.45, 7) is -0.0311. The van der Waals surface area contributed by atoms with Crippen molar-refractivity contribution < 1.29 is 43.4 Å². The number of carbonyl (C=O) groups is 1. The fourth-order valence-corrected chi connectivity index (χ4v) is 6.23. The predicted molar refractivity (Wildman–Crippen MR) is 129 cm³/mol. The molecule has 0 radical (unpaired) electrons. The Morgan fingerprint density at radius 2 is 1.70 bits per heavy atom. The van der Waals surface area contributed by atoms with Crippen LogP contribution in [-0.2, 0) is 20.7 Å². The van der Waals surface area contributed by atoms with E-state index >= 15 is 0 Å². The van der Waals surface area contributed by atoms with Crippen molar-refractivity contribution in [3.8, 4) is 28.7 Å². The van der Waals surface area contributed by atoms with Gasteiger partial charge in [-0.05, 0) is 23.3 Å². The molecule has 192 valence electrons. The Hall–Kier alpha value is -3.95. The van der Waals surface area contributed by atoms with E-state index in [9.17, 15) is 15.0 Å². The van der Waals surface area contributed by atoms with Crippen LogP contribution in [0.25, 0.3) is 0 Å². The second-order valence-electron chi connectivity index (χ2n) is 9.23. The van der Waals surface area contributed by atoms with E-state index in [1.165, 1.54) is 14.2 Å². The van der Waals surface area contributed by atoms with Crippen LogP contribution in [0.3, 0.4) is 0 Å². The SMILES string of the molecule is COC(=O)C1C(O)C2(O)c3c(cc4c(c3OC)OCO4)OC2(c2ccc(OC)cc2)C1c1ccccc1. The fourth-order valence-electron chi connectivity index (χ4n) is 6.23. The summed E-state index contributed by atoms with van der Waals surface area (Å²) in [4.78, 5) is 13.3. The third-order valence-electron chi connectivity index (χ3n) is 7.72. The molecule has 1 fully saturated rings. The summed E-state index contributed by atoms with van der Waals surface area (Å²) < 4.78 is 34.2. The number of rotatable bonds is 5. The van der Waals surface area contributed by atoms with Crippen molar-refractivity contribution in [2.45, 2.75) is 23.2 Å². The van der Waals surface area contributed by atoms with Gasteiger partial charge in [0.15, 0.2) is 22.7 Å². The number of hydrogen-bond donors (Lipinski definition) is 2. The highest BCUT2D eigenvalue weighted by Crippen LogP contribution is 2.71. The van der Waals surface area contributed by atoms with Crippen LogP contribution >= 0.6 is 0 Å². The summed E-state index contributed by atoms with van der Waals surface area (Å²) in [6.07, 6.45) is -1.64. The molecule has 1 saturated carbocycles. The van der Waals surface area contributed by atoms with E-state index in [4.69, 9.17) is 28.4 Å². The first-order valence-electron chi connectivity index (χ1n) is 11.8. The maximum atomic E-state index is 13.3. The number of methoxy groups -OCH3 is 3. The van der Waals surface area contributed by atoms with Gasteiger partial charge in [-0.25, -0.2) is 0 Å². The zero-order chi connectivity index (χ0) is 25.9. The summed E-state index contributed by atoms with van der Waals surface area (Å²) >= 11 is 0. The summed E-state index contributed by atoms with van der Waals surface area (Å²) in [6, 6.07) is 17.8. The first-order chi connectivity index (χ1) is 17.9. The molecule has 6 rings (SSSR count). The summed E-state index contributed by atoms with van der Waals surface area (Å²) in [7, 11) is 4.24. The highest BCUT2D eigenvalue weighted by molar-refractivity contribution is 5.79. The molecule has 9 heteroatoms. The van der Waals surface area contributed by atoms with Gasteiger partial charge < -0.3 is 38.6 Å². The standard InChI is InChI=1S/C28H26O9/c1-32-17-11-9-16(10-12-17)28-21(15-7-5-4-6-8-15)20(26(30)34-3)25(29)27(28,31)22-18(37-28)13-19-23(24(22)33-2)36-14-35-19/h4-13,20-21,25,29,31H,14H2,1-3H3. The zero-order valence-electron chi connectivity index (χ0n) is 20.5. The van der Waals surface area contributed by atoms with Crippen molar-refractivity contribution in [1.82, 2.24) is 0 Å². The number of aliphatic hydroxyl groups is 2. The molecular weight excluding hydrogens is 480 g/mol. The molecular formula is C28H26O9. The van der Waals surface area contributed by atoms with E-state index < -0.39 is 35.1 Å². The number of carbonyl (C=O) groups excluding carboxylic acids is 1. The Kier molecular flexibility index (Phi) is 5.25. The number of ether oxygens (including phenoxy) is 6. The Balaban J connectivity index is 1.70. The van der Waals surface area contributed by atoms with Gasteiger partial charge in [-0.15, -0.1) is 0 Å². The highest BCUT2D eigenvalue weighted by atomic mass is 16.7. The lowest BCUT2D eigenvalue weighted by Gasteiger charge is -2.40. The topological polar surface area (TPSA) is 113 Å². The van der Waals surface area contributed by atoms with Crippen LogP contribution in [-0.4, -0.2) is 50.4 Å². The molecule has 5 unspecified atom stereocenters. The average Bonchev–Trinajstić information content (AvgIpc) is 3.56. The van der Waals surface area contributed by atoms with Crippen LogP contribution in [0.15, 0.2) is 60.7 Å². The predicted octanol–water partition coefficient (Wildman–Crippen LogP) is 2.86. The van der Waals surface area contributed by atoms with Gasteiger partial charge in [0.05, 0.1) is 32.8 Å². The lowest BCUT2D eigenvalue weighted by atomic mass is 9.70. The molecule has 2 N–H and O–H groups in total. The first kappa shape index (κ1) is 23.4. The van der Waals surface area contributed by atoms with Crippen molar-refractivity contribution >= 4 is 5.97 Å². The molecule has 2 heterocycles. The lowest BCUT2D eigenvalue weighted by molar-refractivity contribution is -0.161. The molecule has 3 aromatic rings. The van der Waals surface area contributed by atoms with Crippen LogP contribution in [0.1, 0.15) is 22.6 Å². The molecule has 9 nitrogen and oxygen atoms in total. The number of aliphatic hydroxyl groups excluding tert-OH is 1. The van der Waals surface area contributed by atoms with E-state index in [0.717, 1.165) is 0 Å². The third kappa shape index (κ3) is 2.89. The van der Waals surface area contributed by atoms with Gasteiger partial charge in [-0.1, -0.05) is 42.5 Å². The van der Waals surface area contributed by atoms with Gasteiger partial charge in [-0.2, -0.15) is 0 Å².